The molecule has 0 aromatic heterocycles. The quantitative estimate of drug-likeness (QED) is 0.246. The molecule has 0 aliphatic rings. The molecule has 218 valence electrons. The van der Waals surface area contributed by atoms with Crippen molar-refractivity contribution in [3.8, 4) is 5.75 Å². The molecule has 0 aliphatic carbocycles. The lowest BCUT2D eigenvalue weighted by Crippen LogP contribution is -2.53. The number of carbonyl (C=O) groups excluding carboxylic acids is 2. The Balaban J connectivity index is 1.77. The van der Waals surface area contributed by atoms with E-state index in [0.29, 0.717) is 18.0 Å². The van der Waals surface area contributed by atoms with Gasteiger partial charge in [-0.2, -0.15) is 0 Å². The minimum absolute atomic E-state index is 0.0489. The van der Waals surface area contributed by atoms with Crippen LogP contribution in [0.3, 0.4) is 0 Å². The van der Waals surface area contributed by atoms with Gasteiger partial charge in [0.25, 0.3) is 10.0 Å². The molecule has 0 radical (unpaired) electrons. The van der Waals surface area contributed by atoms with E-state index in [9.17, 15) is 18.0 Å². The molecule has 2 amide bonds. The molecule has 1 N–H and O–H groups in total. The normalized spacial score (nSPS) is 11.8. The Morgan fingerprint density at radius 3 is 1.88 bits per heavy atom. The van der Waals surface area contributed by atoms with Crippen molar-refractivity contribution in [1.29, 1.82) is 0 Å². The predicted octanol–water partition coefficient (Wildman–Crippen LogP) is 4.67. The third-order valence-corrected chi connectivity index (χ3v) is 8.58. The first-order valence-electron chi connectivity index (χ1n) is 13.7. The zero-order valence-electron chi connectivity index (χ0n) is 23.7. The number of ether oxygens (including phenoxy) is 1. The number of amides is 2. The molecule has 0 unspecified atom stereocenters. The van der Waals surface area contributed by atoms with Crippen LogP contribution in [0.2, 0.25) is 0 Å². The molecule has 0 heterocycles. The summed E-state index contributed by atoms with van der Waals surface area (Å²) < 4.78 is 34.2. The highest BCUT2D eigenvalue weighted by Crippen LogP contribution is 2.27. The lowest BCUT2D eigenvalue weighted by molar-refractivity contribution is -0.140. The second-order valence-corrected chi connectivity index (χ2v) is 11.5. The first-order valence-corrected chi connectivity index (χ1v) is 15.1. The van der Waals surface area contributed by atoms with Crippen LogP contribution in [0, 0.1) is 0 Å². The summed E-state index contributed by atoms with van der Waals surface area (Å²) in [6.45, 7) is 1.81. The summed E-state index contributed by atoms with van der Waals surface area (Å²) in [4.78, 5) is 29.3. The van der Waals surface area contributed by atoms with E-state index in [-0.39, 0.29) is 23.8 Å². The Bertz CT molecular complexity index is 1550. The Morgan fingerprint density at radius 2 is 1.33 bits per heavy atom. The average molecular weight is 586 g/mol. The minimum Gasteiger partial charge on any atom is -0.497 e. The van der Waals surface area contributed by atoms with Crippen molar-refractivity contribution in [3.63, 3.8) is 0 Å². The molecular weight excluding hydrogens is 550 g/mol. The summed E-state index contributed by atoms with van der Waals surface area (Å²) >= 11 is 0. The standard InChI is InChI=1S/C33H35N3O5S/c1-3-34-33(38)31(23-26-13-7-4-8-14-26)35(24-27-15-9-5-10-16-27)32(37)25-36(28-19-21-29(41-2)22-20-28)42(39,40)30-17-11-6-12-18-30/h4-22,31H,3,23-25H2,1-2H3,(H,34,38)/t31-/m0/s1. The monoisotopic (exact) mass is 585 g/mol. The van der Waals surface area contributed by atoms with Crippen LogP contribution in [0.4, 0.5) is 5.69 Å². The first kappa shape index (κ1) is 30.3. The molecule has 4 aromatic rings. The van der Waals surface area contributed by atoms with Gasteiger partial charge in [-0.15, -0.1) is 0 Å². The summed E-state index contributed by atoms with van der Waals surface area (Å²) in [5.41, 5.74) is 1.99. The van der Waals surface area contributed by atoms with Crippen molar-refractivity contribution < 1.29 is 22.7 Å². The second-order valence-electron chi connectivity index (χ2n) is 9.63. The molecule has 4 rings (SSSR count). The molecule has 0 fully saturated rings. The number of hydrogen-bond donors (Lipinski definition) is 1. The van der Waals surface area contributed by atoms with Crippen LogP contribution < -0.4 is 14.4 Å². The third-order valence-electron chi connectivity index (χ3n) is 6.79. The number of benzene rings is 4. The van der Waals surface area contributed by atoms with Gasteiger partial charge in [0.1, 0.15) is 18.3 Å². The van der Waals surface area contributed by atoms with Crippen molar-refractivity contribution in [2.24, 2.45) is 0 Å². The van der Waals surface area contributed by atoms with Crippen LogP contribution in [0.5, 0.6) is 5.75 Å². The van der Waals surface area contributed by atoms with E-state index < -0.39 is 28.5 Å². The average Bonchev–Trinajstić information content (AvgIpc) is 3.03. The maximum atomic E-state index is 14.3. The smallest absolute Gasteiger partial charge is 0.264 e. The van der Waals surface area contributed by atoms with E-state index in [2.05, 4.69) is 5.32 Å². The fourth-order valence-electron chi connectivity index (χ4n) is 4.62. The van der Waals surface area contributed by atoms with Gasteiger partial charge >= 0.3 is 0 Å². The van der Waals surface area contributed by atoms with Gasteiger partial charge in [-0.05, 0) is 54.4 Å². The van der Waals surface area contributed by atoms with Gasteiger partial charge < -0.3 is 15.0 Å². The molecule has 1 atom stereocenters. The van der Waals surface area contributed by atoms with Crippen LogP contribution >= 0.6 is 0 Å². The number of anilines is 1. The summed E-state index contributed by atoms with van der Waals surface area (Å²) in [5, 5.41) is 2.86. The van der Waals surface area contributed by atoms with Gasteiger partial charge in [-0.1, -0.05) is 78.9 Å². The van der Waals surface area contributed by atoms with Gasteiger partial charge in [0.05, 0.1) is 17.7 Å². The Kier molecular flexibility index (Phi) is 10.3. The van der Waals surface area contributed by atoms with Crippen molar-refractivity contribution in [3.05, 3.63) is 126 Å². The van der Waals surface area contributed by atoms with E-state index in [1.807, 2.05) is 67.6 Å². The molecule has 4 aromatic carbocycles. The fraction of sp³-hybridized carbons (Fsp3) is 0.212. The lowest BCUT2D eigenvalue weighted by atomic mass is 10.0. The van der Waals surface area contributed by atoms with Crippen LogP contribution in [-0.2, 0) is 32.6 Å². The Labute approximate surface area is 247 Å². The molecule has 0 saturated carbocycles. The van der Waals surface area contributed by atoms with Crippen LogP contribution in [-0.4, -0.2) is 51.4 Å². The largest absolute Gasteiger partial charge is 0.497 e. The van der Waals surface area contributed by atoms with Crippen molar-refractivity contribution in [2.45, 2.75) is 30.8 Å². The van der Waals surface area contributed by atoms with Gasteiger partial charge in [-0.25, -0.2) is 8.42 Å². The highest BCUT2D eigenvalue weighted by Gasteiger charge is 2.34. The van der Waals surface area contributed by atoms with E-state index >= 15 is 0 Å². The topological polar surface area (TPSA) is 96.0 Å². The van der Waals surface area contributed by atoms with Crippen LogP contribution in [0.1, 0.15) is 18.1 Å². The number of carbonyl (C=O) groups is 2. The number of methoxy groups -OCH3 is 1. The summed E-state index contributed by atoms with van der Waals surface area (Å²) in [7, 11) is -2.63. The molecule has 0 saturated heterocycles. The lowest BCUT2D eigenvalue weighted by Gasteiger charge is -2.33. The SMILES string of the molecule is CCNC(=O)[C@H](Cc1ccccc1)N(Cc1ccccc1)C(=O)CN(c1ccc(OC)cc1)S(=O)(=O)c1ccccc1. The highest BCUT2D eigenvalue weighted by atomic mass is 32.2. The number of hydrogen-bond acceptors (Lipinski definition) is 5. The van der Waals surface area contributed by atoms with Crippen LogP contribution in [0.15, 0.2) is 120 Å². The maximum Gasteiger partial charge on any atom is 0.264 e. The number of nitrogens with one attached hydrogen (secondary N) is 1. The van der Waals surface area contributed by atoms with Gasteiger partial charge in [0, 0.05) is 19.5 Å². The number of rotatable bonds is 13. The molecular formula is C33H35N3O5S. The summed E-state index contributed by atoms with van der Waals surface area (Å²) in [6, 6.07) is 32.4. The first-order chi connectivity index (χ1) is 20.3. The third kappa shape index (κ3) is 7.55. The van der Waals surface area contributed by atoms with E-state index in [1.54, 1.807) is 42.5 Å². The summed E-state index contributed by atoms with van der Waals surface area (Å²) in [6.07, 6.45) is 0.263. The Hall–Kier alpha value is -4.63. The summed E-state index contributed by atoms with van der Waals surface area (Å²) in [5.74, 6) is -0.277. The van der Waals surface area contributed by atoms with E-state index in [1.165, 1.54) is 24.1 Å². The van der Waals surface area contributed by atoms with E-state index in [0.717, 1.165) is 15.4 Å². The number of nitrogens with zero attached hydrogens (tertiary/aromatic N) is 2. The van der Waals surface area contributed by atoms with Crippen molar-refractivity contribution >= 4 is 27.5 Å². The predicted molar refractivity (Wildman–Crippen MR) is 164 cm³/mol. The molecule has 42 heavy (non-hydrogen) atoms. The zero-order valence-corrected chi connectivity index (χ0v) is 24.5. The molecule has 0 bridgehead atoms. The van der Waals surface area contributed by atoms with Crippen LogP contribution in [0.25, 0.3) is 0 Å². The number of likely N-dealkylation sites (N-methyl/N-ethyl adjacent to an activating group) is 1. The van der Waals surface area contributed by atoms with Gasteiger partial charge in [0.15, 0.2) is 0 Å². The van der Waals surface area contributed by atoms with Gasteiger partial charge in [0.2, 0.25) is 11.8 Å². The van der Waals surface area contributed by atoms with Gasteiger partial charge in [-0.3, -0.25) is 13.9 Å². The maximum absolute atomic E-state index is 14.3. The molecule has 8 nitrogen and oxygen atoms in total. The zero-order chi connectivity index (χ0) is 30.0. The fourth-order valence-corrected chi connectivity index (χ4v) is 6.06. The van der Waals surface area contributed by atoms with E-state index in [4.69, 9.17) is 4.74 Å². The molecule has 0 spiro atoms. The minimum atomic E-state index is -4.15. The van der Waals surface area contributed by atoms with Crippen molar-refractivity contribution in [1.82, 2.24) is 10.2 Å². The second kappa shape index (κ2) is 14.3. The molecule has 9 heteroatoms. The van der Waals surface area contributed by atoms with Crippen molar-refractivity contribution in [2.75, 3.05) is 24.5 Å². The Morgan fingerprint density at radius 1 is 0.786 bits per heavy atom. The number of sulfonamides is 1. The highest BCUT2D eigenvalue weighted by molar-refractivity contribution is 7.92. The molecule has 0 aliphatic heterocycles.